The van der Waals surface area contributed by atoms with Crippen LogP contribution >= 0.6 is 0 Å². The molecule has 2 aromatic heterocycles. The number of hydrogen-bond acceptors (Lipinski definition) is 8. The third-order valence-electron chi connectivity index (χ3n) is 8.29. The molecule has 2 amide bonds. The summed E-state index contributed by atoms with van der Waals surface area (Å²) in [5.74, 6) is -0.493. The van der Waals surface area contributed by atoms with Crippen molar-refractivity contribution in [2.24, 2.45) is 21.6 Å². The van der Waals surface area contributed by atoms with Crippen molar-refractivity contribution in [3.63, 3.8) is 0 Å². The predicted molar refractivity (Wildman–Crippen MR) is 144 cm³/mol. The molecule has 2 heterocycles. The second-order valence-corrected chi connectivity index (χ2v) is 10.6. The molecule has 0 saturated heterocycles. The number of aromatic nitrogens is 4. The van der Waals surface area contributed by atoms with Crippen molar-refractivity contribution in [3.05, 3.63) is 53.6 Å². The number of nitrogens with one attached hydrogen (secondary N) is 3. The Labute approximate surface area is 230 Å². The number of aliphatic imine (C=N–C) groups is 1. The highest BCUT2D eigenvalue weighted by Gasteiger charge is 2.50. The van der Waals surface area contributed by atoms with Gasteiger partial charge in [-0.25, -0.2) is 9.98 Å². The molecule has 5 N–H and O–H groups in total. The van der Waals surface area contributed by atoms with E-state index in [0.717, 1.165) is 44.1 Å². The number of nitrogens with zero attached hydrogens (tertiary/aromatic N) is 6. The lowest BCUT2D eigenvalue weighted by molar-refractivity contribution is -0.135. The number of amides is 2. The average Bonchev–Trinajstić information content (AvgIpc) is 3.44. The molecule has 13 nitrogen and oxygen atoms in total. The summed E-state index contributed by atoms with van der Waals surface area (Å²) in [6, 6.07) is 8.39. The highest BCUT2D eigenvalue weighted by atomic mass is 16.2. The number of fused-ring (bicyclic) bond motifs is 4. The monoisotopic (exact) mass is 542 g/mol. The molecule has 6 rings (SSSR count). The molecule has 13 heteroatoms. The molecule has 40 heavy (non-hydrogen) atoms. The lowest BCUT2D eigenvalue weighted by Gasteiger charge is -2.52. The largest absolute Gasteiger partial charge is 0.369 e. The summed E-state index contributed by atoms with van der Waals surface area (Å²) in [5.41, 5.74) is 6.86. The van der Waals surface area contributed by atoms with Crippen molar-refractivity contribution in [2.75, 3.05) is 6.54 Å². The van der Waals surface area contributed by atoms with Gasteiger partial charge in [0.2, 0.25) is 5.96 Å². The van der Waals surface area contributed by atoms with E-state index in [1.54, 1.807) is 37.4 Å². The van der Waals surface area contributed by atoms with E-state index in [9.17, 15) is 14.4 Å². The minimum atomic E-state index is -0.488. The van der Waals surface area contributed by atoms with Crippen LogP contribution in [0.4, 0.5) is 5.69 Å². The Morgan fingerprint density at radius 1 is 1.10 bits per heavy atom. The molecule has 0 radical (unpaired) electrons. The Morgan fingerprint density at radius 3 is 2.55 bits per heavy atom. The molecule has 0 spiro atoms. The van der Waals surface area contributed by atoms with Gasteiger partial charge in [0.25, 0.3) is 17.6 Å². The molecular weight excluding hydrogens is 512 g/mol. The van der Waals surface area contributed by atoms with Crippen molar-refractivity contribution >= 4 is 35.0 Å². The lowest BCUT2D eigenvalue weighted by Crippen LogP contribution is -2.49. The van der Waals surface area contributed by atoms with Gasteiger partial charge in [0.05, 0.1) is 5.69 Å². The Hall–Kier alpha value is -4.86. The van der Waals surface area contributed by atoms with Crippen LogP contribution in [0.2, 0.25) is 0 Å². The maximum Gasteiger partial charge on any atom is 0.270 e. The maximum atomic E-state index is 13.3. The zero-order valence-electron chi connectivity index (χ0n) is 22.1. The molecule has 0 atom stereocenters. The first-order valence-electron chi connectivity index (χ1n) is 13.1. The molecule has 0 unspecified atom stereocenters. The third kappa shape index (κ3) is 5.33. The first kappa shape index (κ1) is 26.7. The summed E-state index contributed by atoms with van der Waals surface area (Å²) in [5, 5.41) is 20.8. The van der Waals surface area contributed by atoms with Gasteiger partial charge in [0, 0.05) is 24.6 Å². The van der Waals surface area contributed by atoms with Crippen LogP contribution < -0.4 is 21.7 Å². The fraction of sp³-hybridized carbons (Fsp3) is 0.407. The van der Waals surface area contributed by atoms with E-state index in [0.29, 0.717) is 12.2 Å². The molecule has 3 aliphatic carbocycles. The van der Waals surface area contributed by atoms with Crippen LogP contribution in [0.1, 0.15) is 72.0 Å². The Kier molecular flexibility index (Phi) is 7.17. The second kappa shape index (κ2) is 10.7. The minimum Gasteiger partial charge on any atom is -0.369 e. The van der Waals surface area contributed by atoms with Gasteiger partial charge in [-0.3, -0.25) is 19.7 Å². The minimum absolute atomic E-state index is 0.0184. The van der Waals surface area contributed by atoms with E-state index in [4.69, 9.17) is 11.0 Å². The molecule has 206 valence electrons. The van der Waals surface area contributed by atoms with E-state index >= 15 is 0 Å². The summed E-state index contributed by atoms with van der Waals surface area (Å²) in [6.45, 7) is 2.35. The lowest BCUT2D eigenvalue weighted by atomic mass is 9.52. The van der Waals surface area contributed by atoms with Crippen LogP contribution in [0.25, 0.3) is 5.78 Å². The normalized spacial score (nSPS) is 21.9. The molecule has 0 aliphatic heterocycles. The Bertz CT molecular complexity index is 1530. The van der Waals surface area contributed by atoms with Gasteiger partial charge in [-0.1, -0.05) is 12.1 Å². The summed E-state index contributed by atoms with van der Waals surface area (Å²) >= 11 is 0. The van der Waals surface area contributed by atoms with Crippen molar-refractivity contribution < 1.29 is 14.4 Å². The van der Waals surface area contributed by atoms with Crippen LogP contribution in [0.5, 0.6) is 0 Å². The van der Waals surface area contributed by atoms with E-state index in [-0.39, 0.29) is 52.2 Å². The van der Waals surface area contributed by atoms with Gasteiger partial charge in [-0.15, -0.1) is 0 Å². The van der Waals surface area contributed by atoms with Crippen LogP contribution in [-0.2, 0) is 11.3 Å². The smallest absolute Gasteiger partial charge is 0.270 e. The number of Topliss-reactive ketones (excluding diaryl/α,β-unsaturated/α-hetero) is 1. The molecule has 1 aromatic carbocycles. The van der Waals surface area contributed by atoms with Crippen molar-refractivity contribution in [1.29, 1.82) is 5.26 Å². The number of carbonyl (C=O) groups excluding carboxylic acids is 3. The first-order chi connectivity index (χ1) is 19.2. The topological polar surface area (TPSA) is 193 Å². The highest BCUT2D eigenvalue weighted by Crippen LogP contribution is 2.56. The maximum absolute atomic E-state index is 13.3. The van der Waals surface area contributed by atoms with Crippen LogP contribution in [-0.4, -0.2) is 49.7 Å². The van der Waals surface area contributed by atoms with Gasteiger partial charge in [-0.05, 0) is 68.6 Å². The van der Waals surface area contributed by atoms with E-state index in [1.165, 1.54) is 16.9 Å². The number of rotatable bonds is 8. The first-order valence-corrected chi connectivity index (χ1v) is 13.1. The summed E-state index contributed by atoms with van der Waals surface area (Å²) < 4.78 is 1.31. The van der Waals surface area contributed by atoms with Gasteiger partial charge in [0.15, 0.2) is 6.19 Å². The fourth-order valence-corrected chi connectivity index (χ4v) is 5.74. The third-order valence-corrected chi connectivity index (χ3v) is 8.29. The molecule has 3 fully saturated rings. The fourth-order valence-electron chi connectivity index (χ4n) is 5.74. The van der Waals surface area contributed by atoms with E-state index in [2.05, 4.69) is 36.0 Å². The Balaban J connectivity index is 1.26. The van der Waals surface area contributed by atoms with E-state index in [1.807, 2.05) is 0 Å². The number of ketones is 1. The number of hydrogen-bond donors (Lipinski definition) is 4. The molecule has 2 bridgehead atoms. The molecule has 3 aromatic rings. The summed E-state index contributed by atoms with van der Waals surface area (Å²) in [6.07, 6.45) is 8.29. The number of nitriles is 1. The Morgan fingerprint density at radius 2 is 1.85 bits per heavy atom. The molecule has 3 saturated carbocycles. The van der Waals surface area contributed by atoms with E-state index < -0.39 is 5.91 Å². The zero-order chi connectivity index (χ0) is 28.3. The van der Waals surface area contributed by atoms with Crippen LogP contribution in [0.15, 0.2) is 41.7 Å². The quantitative estimate of drug-likeness (QED) is 0.142. The van der Waals surface area contributed by atoms with Crippen molar-refractivity contribution in [3.8, 4) is 6.19 Å². The van der Waals surface area contributed by atoms with Gasteiger partial charge < -0.3 is 16.4 Å². The van der Waals surface area contributed by atoms with Gasteiger partial charge in [-0.2, -0.15) is 19.9 Å². The average molecular weight is 543 g/mol. The summed E-state index contributed by atoms with van der Waals surface area (Å²) in [7, 11) is 0. The van der Waals surface area contributed by atoms with Gasteiger partial charge >= 0.3 is 0 Å². The van der Waals surface area contributed by atoms with Crippen molar-refractivity contribution in [2.45, 2.75) is 52.0 Å². The van der Waals surface area contributed by atoms with Gasteiger partial charge in [0.1, 0.15) is 23.5 Å². The number of nitrogens with two attached hydrogens (primary N) is 1. The summed E-state index contributed by atoms with van der Waals surface area (Å²) in [4.78, 5) is 50.9. The SMILES string of the molecule is CC(=O)C12CCC(CNC(=O)c3cc(C(=O)NCc4cccc(N=C(N)NC#N)c4)nc4ncnn34)(CC1)CC2. The number of guanidine groups is 1. The van der Waals surface area contributed by atoms with Crippen LogP contribution in [0.3, 0.4) is 0 Å². The number of benzene rings is 1. The highest BCUT2D eigenvalue weighted by molar-refractivity contribution is 5.98. The molecule has 3 aliphatic rings. The second-order valence-electron chi connectivity index (χ2n) is 10.6. The standard InChI is InChI=1S/C27H30N10O3/c1-17(38)27-8-5-26(6-9-27,7-10-27)14-31-23(40)21-12-20(36-25-33-16-34-37(21)25)22(39)30-13-18-3-2-4-19(11-18)35-24(29)32-15-28/h2-4,11-12,16H,5-10,13-14H2,1H3,(H,30,39)(H,31,40)(H3,29,32,35). The molecular formula is C27H30N10O3. The van der Waals surface area contributed by atoms with Crippen LogP contribution in [0, 0.1) is 22.3 Å². The zero-order valence-corrected chi connectivity index (χ0v) is 22.1. The number of carbonyl (C=O) groups is 3. The predicted octanol–water partition coefficient (Wildman–Crippen LogP) is 1.73. The van der Waals surface area contributed by atoms with Crippen molar-refractivity contribution in [1.82, 2.24) is 35.5 Å².